The van der Waals surface area contributed by atoms with Crippen LogP contribution in [-0.2, 0) is 14.2 Å². The second kappa shape index (κ2) is 14.3. The highest BCUT2D eigenvalue weighted by molar-refractivity contribution is 5.92. The lowest BCUT2D eigenvalue weighted by Gasteiger charge is -2.41. The minimum absolute atomic E-state index is 0.169. The molecule has 1 aliphatic rings. The third kappa shape index (κ3) is 7.10. The van der Waals surface area contributed by atoms with Crippen molar-refractivity contribution in [3.8, 4) is 74.6 Å². The lowest BCUT2D eigenvalue weighted by Crippen LogP contribution is -2.61. The molecule has 20 nitrogen and oxygen atoms in total. The van der Waals surface area contributed by atoms with Crippen LogP contribution in [0.4, 0.5) is 0 Å². The van der Waals surface area contributed by atoms with Crippen LogP contribution in [0.15, 0.2) is 63.8 Å². The Balaban J connectivity index is 1.42. The fourth-order valence-electron chi connectivity index (χ4n) is 5.49. The number of aliphatic hydroxyl groups is 2. The molecule has 1 fully saturated rings. The molecule has 1 aromatic heterocycles. The van der Waals surface area contributed by atoms with Gasteiger partial charge in [0.25, 0.3) is 0 Å². The minimum Gasteiger partial charge on any atom is -0.508 e. The first-order valence-electron chi connectivity index (χ1n) is 15.6. The molecule has 0 unspecified atom stereocenters. The number of aliphatic hydroxyl groups excluding tert-OH is 2. The molecule has 55 heavy (non-hydrogen) atoms. The van der Waals surface area contributed by atoms with Crippen LogP contribution in [0.25, 0.3) is 22.3 Å². The topological polar surface area (TPSA) is 344 Å². The average Bonchev–Trinajstić information content (AvgIpc) is 3.13. The van der Waals surface area contributed by atoms with E-state index < -0.39 is 146 Å². The van der Waals surface area contributed by atoms with Gasteiger partial charge in [-0.25, -0.2) is 9.59 Å². The van der Waals surface area contributed by atoms with Crippen molar-refractivity contribution in [2.75, 3.05) is 6.61 Å². The maximum atomic E-state index is 14.0. The first-order valence-corrected chi connectivity index (χ1v) is 15.6. The summed E-state index contributed by atoms with van der Waals surface area (Å²) < 4.78 is 27.9. The number of phenolic OH excluding ortho intramolecular Hbond substituents is 10. The molecule has 0 radical (unpaired) electrons. The number of hydrogen-bond donors (Lipinski definition) is 12. The smallest absolute Gasteiger partial charge is 0.339 e. The largest absolute Gasteiger partial charge is 0.508 e. The van der Waals surface area contributed by atoms with E-state index in [2.05, 4.69) is 0 Å². The standard InChI is InChI=1S/C35H28O20/c36-14-8-17(39)24-22(9-14)52-30(11-1-2-15(37)16(38)3-11)31(28(24)47)55-35-32(54-34(50)13-6-20(42)26(45)21(43)7-13)29(48)27(46)23(53-35)10-51-33(49)12-4-18(40)25(44)19(41)5-12/h1-9,23,27,29,32,35-46,48H,10H2/t23-,27-,29+,32-,35+/m0/s1. The Morgan fingerprint density at radius 3 is 1.82 bits per heavy atom. The Kier molecular flexibility index (Phi) is 9.72. The van der Waals surface area contributed by atoms with Gasteiger partial charge in [0, 0.05) is 17.7 Å². The highest BCUT2D eigenvalue weighted by atomic mass is 16.7. The molecule has 1 aliphatic heterocycles. The van der Waals surface area contributed by atoms with Crippen LogP contribution in [-0.4, -0.2) is 111 Å². The second-order valence-corrected chi connectivity index (χ2v) is 12.0. The molecule has 0 spiro atoms. The molecular formula is C35H28O20. The number of carbonyl (C=O) groups excluding carboxylic acids is 2. The van der Waals surface area contributed by atoms with Crippen molar-refractivity contribution >= 4 is 22.9 Å². The normalized spacial score (nSPS) is 19.5. The van der Waals surface area contributed by atoms with E-state index in [-0.39, 0.29) is 5.56 Å². The minimum atomic E-state index is -2.23. The summed E-state index contributed by atoms with van der Waals surface area (Å²) in [7, 11) is 0. The number of hydrogen-bond acceptors (Lipinski definition) is 20. The van der Waals surface area contributed by atoms with Crippen LogP contribution in [0, 0.1) is 0 Å². The third-order valence-corrected chi connectivity index (χ3v) is 8.27. The van der Waals surface area contributed by atoms with Crippen molar-refractivity contribution in [1.29, 1.82) is 0 Å². The SMILES string of the molecule is O=C(OC[C@@H]1O[C@H](Oc2c(-c3ccc(O)c(O)c3)oc3cc(O)cc(O)c3c2=O)[C@@H](OC(=O)c2cc(O)c(O)c(O)c2)[C@H](O)[C@H]1O)c1cc(O)c(O)c(O)c1. The monoisotopic (exact) mass is 768 g/mol. The van der Waals surface area contributed by atoms with Gasteiger partial charge in [0.05, 0.1) is 11.1 Å². The second-order valence-electron chi connectivity index (χ2n) is 12.0. The Bertz CT molecular complexity index is 2350. The summed E-state index contributed by atoms with van der Waals surface area (Å²) in [6.45, 7) is -0.940. The fourth-order valence-corrected chi connectivity index (χ4v) is 5.49. The van der Waals surface area contributed by atoms with Crippen LogP contribution >= 0.6 is 0 Å². The molecule has 0 saturated carbocycles. The molecule has 0 amide bonds. The van der Waals surface area contributed by atoms with E-state index in [1.54, 1.807) is 0 Å². The van der Waals surface area contributed by atoms with Crippen LogP contribution in [0.5, 0.6) is 63.2 Å². The predicted octanol–water partition coefficient (Wildman–Crippen LogP) is 1.42. The molecule has 0 aliphatic carbocycles. The summed E-state index contributed by atoms with van der Waals surface area (Å²) in [5, 5.41) is 121. The zero-order chi connectivity index (χ0) is 40.0. The highest BCUT2D eigenvalue weighted by Gasteiger charge is 2.49. The lowest BCUT2D eigenvalue weighted by molar-refractivity contribution is -0.276. The number of fused-ring (bicyclic) bond motifs is 1. The van der Waals surface area contributed by atoms with Crippen molar-refractivity contribution in [2.24, 2.45) is 0 Å². The molecule has 12 N–H and O–H groups in total. The summed E-state index contributed by atoms with van der Waals surface area (Å²) in [4.78, 5) is 40.0. The Morgan fingerprint density at radius 2 is 1.24 bits per heavy atom. The number of carbonyl (C=O) groups is 2. The van der Waals surface area contributed by atoms with Crippen molar-refractivity contribution in [1.82, 2.24) is 0 Å². The van der Waals surface area contributed by atoms with Gasteiger partial charge in [-0.2, -0.15) is 0 Å². The van der Waals surface area contributed by atoms with E-state index in [4.69, 9.17) is 23.4 Å². The summed E-state index contributed by atoms with van der Waals surface area (Å²) in [6, 6.07) is 7.64. The Hall–Kier alpha value is -7.29. The van der Waals surface area contributed by atoms with Crippen molar-refractivity contribution in [2.45, 2.75) is 30.7 Å². The quantitative estimate of drug-likeness (QED) is 0.0784. The van der Waals surface area contributed by atoms with Gasteiger partial charge in [0.1, 0.15) is 47.4 Å². The van der Waals surface area contributed by atoms with Crippen LogP contribution in [0.1, 0.15) is 20.7 Å². The Morgan fingerprint density at radius 1 is 0.655 bits per heavy atom. The van der Waals surface area contributed by atoms with Crippen molar-refractivity contribution in [3.63, 3.8) is 0 Å². The van der Waals surface area contributed by atoms with Crippen LogP contribution in [0.3, 0.4) is 0 Å². The van der Waals surface area contributed by atoms with Gasteiger partial charge in [-0.1, -0.05) is 0 Å². The van der Waals surface area contributed by atoms with Crippen molar-refractivity contribution < 1.29 is 94.2 Å². The van der Waals surface area contributed by atoms with E-state index in [0.29, 0.717) is 12.1 Å². The zero-order valence-electron chi connectivity index (χ0n) is 27.4. The van der Waals surface area contributed by atoms with Crippen LogP contribution in [0.2, 0.25) is 0 Å². The highest BCUT2D eigenvalue weighted by Crippen LogP contribution is 2.41. The molecule has 1 saturated heterocycles. The molecule has 5 atom stereocenters. The summed E-state index contributed by atoms with van der Waals surface area (Å²) in [6.07, 6.45) is -10.5. The molecule has 4 aromatic carbocycles. The predicted molar refractivity (Wildman–Crippen MR) is 178 cm³/mol. The van der Waals surface area contributed by atoms with E-state index in [9.17, 15) is 75.7 Å². The molecule has 0 bridgehead atoms. The fraction of sp³-hybridized carbons (Fsp3) is 0.171. The Labute approximate surface area is 304 Å². The number of aromatic hydroxyl groups is 10. The number of ether oxygens (including phenoxy) is 4. The first-order chi connectivity index (χ1) is 25.9. The van der Waals surface area contributed by atoms with Gasteiger partial charge < -0.3 is 84.6 Å². The average molecular weight is 769 g/mol. The maximum absolute atomic E-state index is 14.0. The van der Waals surface area contributed by atoms with Gasteiger partial charge >= 0.3 is 11.9 Å². The number of benzene rings is 4. The summed E-state index contributed by atoms with van der Waals surface area (Å²) in [5.41, 5.74) is -2.86. The number of phenols is 10. The van der Waals surface area contributed by atoms with Gasteiger partial charge in [-0.3, -0.25) is 4.79 Å². The molecule has 20 heteroatoms. The van der Waals surface area contributed by atoms with E-state index in [0.717, 1.165) is 42.5 Å². The van der Waals surface area contributed by atoms with Crippen molar-refractivity contribution in [3.05, 3.63) is 75.9 Å². The van der Waals surface area contributed by atoms with Gasteiger partial charge in [-0.15, -0.1) is 0 Å². The summed E-state index contributed by atoms with van der Waals surface area (Å²) >= 11 is 0. The molecule has 5 aromatic rings. The van der Waals surface area contributed by atoms with Gasteiger partial charge in [0.2, 0.25) is 17.5 Å². The number of esters is 2. The van der Waals surface area contributed by atoms with Gasteiger partial charge in [-0.05, 0) is 42.5 Å². The van der Waals surface area contributed by atoms with Gasteiger partial charge in [0.15, 0.2) is 57.9 Å². The van der Waals surface area contributed by atoms with E-state index in [1.807, 2.05) is 0 Å². The molecular weight excluding hydrogens is 740 g/mol. The number of rotatable bonds is 8. The van der Waals surface area contributed by atoms with E-state index >= 15 is 0 Å². The molecule has 2 heterocycles. The maximum Gasteiger partial charge on any atom is 0.339 e. The zero-order valence-corrected chi connectivity index (χ0v) is 27.4. The third-order valence-electron chi connectivity index (χ3n) is 8.27. The molecule has 288 valence electrons. The molecule has 6 rings (SSSR count). The first kappa shape index (κ1) is 37.5. The van der Waals surface area contributed by atoms with Crippen LogP contribution < -0.4 is 10.2 Å². The summed E-state index contributed by atoms with van der Waals surface area (Å²) in [5.74, 6) is -12.4. The lowest BCUT2D eigenvalue weighted by atomic mass is 9.98. The van der Waals surface area contributed by atoms with E-state index in [1.165, 1.54) is 0 Å².